The van der Waals surface area contributed by atoms with E-state index in [-0.39, 0.29) is 24.2 Å². The Morgan fingerprint density at radius 1 is 1.53 bits per heavy atom. The number of carbonyl (C=O) groups is 1. The summed E-state index contributed by atoms with van der Waals surface area (Å²) in [4.78, 5) is 18.2. The van der Waals surface area contributed by atoms with Gasteiger partial charge in [0.1, 0.15) is 5.82 Å². The van der Waals surface area contributed by atoms with Gasteiger partial charge >= 0.3 is 0 Å². The molecule has 17 heavy (non-hydrogen) atoms. The van der Waals surface area contributed by atoms with Crippen LogP contribution in [-0.4, -0.2) is 30.0 Å². The molecule has 0 spiro atoms. The van der Waals surface area contributed by atoms with Crippen LogP contribution < -0.4 is 5.90 Å². The van der Waals surface area contributed by atoms with Crippen LogP contribution in [0.3, 0.4) is 0 Å². The third-order valence-corrected chi connectivity index (χ3v) is 2.99. The van der Waals surface area contributed by atoms with Crippen molar-refractivity contribution in [1.82, 2.24) is 4.90 Å². The topological polar surface area (TPSA) is 55.6 Å². The lowest BCUT2D eigenvalue weighted by Gasteiger charge is -2.16. The predicted octanol–water partition coefficient (Wildman–Crippen LogP) is 0.859. The Labute approximate surface area is 99.1 Å². The summed E-state index contributed by atoms with van der Waals surface area (Å²) in [5.74, 6) is 4.65. The smallest absolute Gasteiger partial charge is 0.227 e. The standard InChI is InChI=1S/C12H15FN2O2/c13-11-4-2-1-3-9(11)7-12(16)15-6-5-10(8-15)17-14/h1-4,10H,5-8,14H2. The van der Waals surface area contributed by atoms with E-state index in [2.05, 4.69) is 0 Å². The molecule has 1 aromatic rings. The summed E-state index contributed by atoms with van der Waals surface area (Å²) in [6, 6.07) is 6.32. The van der Waals surface area contributed by atoms with Crippen LogP contribution in [-0.2, 0) is 16.1 Å². The van der Waals surface area contributed by atoms with Gasteiger partial charge in [-0.15, -0.1) is 0 Å². The number of benzene rings is 1. The first kappa shape index (κ1) is 12.0. The molecular formula is C12H15FN2O2. The molecule has 0 radical (unpaired) electrons. The highest BCUT2D eigenvalue weighted by molar-refractivity contribution is 5.79. The molecule has 5 heteroatoms. The molecule has 2 N–H and O–H groups in total. The highest BCUT2D eigenvalue weighted by atomic mass is 19.1. The van der Waals surface area contributed by atoms with E-state index >= 15 is 0 Å². The zero-order chi connectivity index (χ0) is 12.3. The number of halogens is 1. The van der Waals surface area contributed by atoms with Gasteiger partial charge in [0.25, 0.3) is 0 Å². The van der Waals surface area contributed by atoms with Gasteiger partial charge in [0.2, 0.25) is 5.91 Å². The van der Waals surface area contributed by atoms with Gasteiger partial charge in [-0.05, 0) is 18.1 Å². The molecular weight excluding hydrogens is 223 g/mol. The number of likely N-dealkylation sites (tertiary alicyclic amines) is 1. The molecule has 0 saturated carbocycles. The molecule has 1 aromatic carbocycles. The summed E-state index contributed by atoms with van der Waals surface area (Å²) in [7, 11) is 0. The van der Waals surface area contributed by atoms with Crippen LogP contribution in [0, 0.1) is 5.82 Å². The first-order chi connectivity index (χ1) is 8.20. The van der Waals surface area contributed by atoms with Crippen LogP contribution in [0.4, 0.5) is 4.39 Å². The molecule has 1 aliphatic heterocycles. The van der Waals surface area contributed by atoms with Gasteiger partial charge in [-0.2, -0.15) is 0 Å². The Morgan fingerprint density at radius 2 is 2.29 bits per heavy atom. The maximum atomic E-state index is 13.4. The average Bonchev–Trinajstić information content (AvgIpc) is 2.81. The van der Waals surface area contributed by atoms with Gasteiger partial charge in [-0.3, -0.25) is 9.63 Å². The quantitative estimate of drug-likeness (QED) is 0.795. The molecule has 1 heterocycles. The van der Waals surface area contributed by atoms with Gasteiger partial charge in [-0.25, -0.2) is 10.3 Å². The summed E-state index contributed by atoms with van der Waals surface area (Å²) in [5.41, 5.74) is 0.426. The summed E-state index contributed by atoms with van der Waals surface area (Å²) in [6.45, 7) is 1.11. The van der Waals surface area contributed by atoms with Crippen molar-refractivity contribution in [3.05, 3.63) is 35.6 Å². The van der Waals surface area contributed by atoms with E-state index in [1.165, 1.54) is 6.07 Å². The summed E-state index contributed by atoms with van der Waals surface area (Å²) in [5, 5.41) is 0. The molecule has 1 amide bonds. The van der Waals surface area contributed by atoms with Gasteiger partial charge in [0, 0.05) is 13.1 Å². The molecule has 1 unspecified atom stereocenters. The monoisotopic (exact) mass is 238 g/mol. The molecule has 2 rings (SSSR count). The first-order valence-corrected chi connectivity index (χ1v) is 5.57. The number of rotatable bonds is 3. The third kappa shape index (κ3) is 2.81. The van der Waals surface area contributed by atoms with E-state index in [4.69, 9.17) is 10.7 Å². The van der Waals surface area contributed by atoms with Crippen molar-refractivity contribution in [3.8, 4) is 0 Å². The zero-order valence-electron chi connectivity index (χ0n) is 9.43. The molecule has 1 atom stereocenters. The molecule has 1 aliphatic rings. The van der Waals surface area contributed by atoms with Crippen LogP contribution in [0.1, 0.15) is 12.0 Å². The summed E-state index contributed by atoms with van der Waals surface area (Å²) in [6.07, 6.45) is 0.725. The lowest BCUT2D eigenvalue weighted by Crippen LogP contribution is -2.32. The molecule has 92 valence electrons. The highest BCUT2D eigenvalue weighted by Crippen LogP contribution is 2.14. The number of amides is 1. The Balaban J connectivity index is 1.96. The van der Waals surface area contributed by atoms with E-state index in [1.54, 1.807) is 23.1 Å². The largest absolute Gasteiger partial charge is 0.340 e. The van der Waals surface area contributed by atoms with Crippen molar-refractivity contribution in [1.29, 1.82) is 0 Å². The van der Waals surface area contributed by atoms with Gasteiger partial charge in [-0.1, -0.05) is 18.2 Å². The Bertz CT molecular complexity index is 411. The highest BCUT2D eigenvalue weighted by Gasteiger charge is 2.26. The first-order valence-electron chi connectivity index (χ1n) is 5.57. The SMILES string of the molecule is NOC1CCN(C(=O)Cc2ccccc2F)C1. The maximum absolute atomic E-state index is 13.4. The Morgan fingerprint density at radius 3 is 2.94 bits per heavy atom. The number of hydrogen-bond donors (Lipinski definition) is 1. The minimum Gasteiger partial charge on any atom is -0.340 e. The number of hydrogen-bond acceptors (Lipinski definition) is 3. The van der Waals surface area contributed by atoms with E-state index in [1.807, 2.05) is 0 Å². The van der Waals surface area contributed by atoms with E-state index in [9.17, 15) is 9.18 Å². The minimum atomic E-state index is -0.341. The Kier molecular flexibility index (Phi) is 3.71. The lowest BCUT2D eigenvalue weighted by atomic mass is 10.1. The zero-order valence-corrected chi connectivity index (χ0v) is 9.43. The fourth-order valence-corrected chi connectivity index (χ4v) is 1.98. The predicted molar refractivity (Wildman–Crippen MR) is 60.4 cm³/mol. The molecule has 0 aromatic heterocycles. The van der Waals surface area contributed by atoms with Crippen LogP contribution in [0.2, 0.25) is 0 Å². The van der Waals surface area contributed by atoms with Crippen LogP contribution >= 0.6 is 0 Å². The average molecular weight is 238 g/mol. The summed E-state index contributed by atoms with van der Waals surface area (Å²) >= 11 is 0. The van der Waals surface area contributed by atoms with Crippen molar-refractivity contribution in [2.24, 2.45) is 5.90 Å². The van der Waals surface area contributed by atoms with E-state index in [0.29, 0.717) is 18.7 Å². The van der Waals surface area contributed by atoms with E-state index in [0.717, 1.165) is 6.42 Å². The molecule has 1 fully saturated rings. The molecule has 1 saturated heterocycles. The number of nitrogens with zero attached hydrogens (tertiary/aromatic N) is 1. The van der Waals surface area contributed by atoms with E-state index < -0.39 is 0 Å². The van der Waals surface area contributed by atoms with Crippen molar-refractivity contribution in [3.63, 3.8) is 0 Å². The van der Waals surface area contributed by atoms with Gasteiger partial charge < -0.3 is 4.90 Å². The van der Waals surface area contributed by atoms with Crippen LogP contribution in [0.5, 0.6) is 0 Å². The fraction of sp³-hybridized carbons (Fsp3) is 0.417. The van der Waals surface area contributed by atoms with Gasteiger partial charge in [0.05, 0.1) is 12.5 Å². The second kappa shape index (κ2) is 5.25. The minimum absolute atomic E-state index is 0.0873. The van der Waals surface area contributed by atoms with Crippen molar-refractivity contribution in [2.75, 3.05) is 13.1 Å². The molecule has 4 nitrogen and oxygen atoms in total. The Hall–Kier alpha value is -1.46. The van der Waals surface area contributed by atoms with Crippen LogP contribution in [0.15, 0.2) is 24.3 Å². The second-order valence-electron chi connectivity index (χ2n) is 4.15. The second-order valence-corrected chi connectivity index (χ2v) is 4.15. The number of carbonyl (C=O) groups excluding carboxylic acids is 1. The van der Waals surface area contributed by atoms with Crippen molar-refractivity contribution in [2.45, 2.75) is 18.9 Å². The van der Waals surface area contributed by atoms with Crippen LogP contribution in [0.25, 0.3) is 0 Å². The van der Waals surface area contributed by atoms with Gasteiger partial charge in [0.15, 0.2) is 0 Å². The molecule has 0 aliphatic carbocycles. The lowest BCUT2D eigenvalue weighted by molar-refractivity contribution is -0.130. The number of nitrogens with two attached hydrogens (primary N) is 1. The maximum Gasteiger partial charge on any atom is 0.227 e. The molecule has 0 bridgehead atoms. The third-order valence-electron chi connectivity index (χ3n) is 2.99. The fourth-order valence-electron chi connectivity index (χ4n) is 1.98. The van der Waals surface area contributed by atoms with Crippen molar-refractivity contribution < 1.29 is 14.0 Å². The summed E-state index contributed by atoms with van der Waals surface area (Å²) < 4.78 is 13.4. The van der Waals surface area contributed by atoms with Crippen molar-refractivity contribution >= 4 is 5.91 Å². The normalized spacial score (nSPS) is 19.6.